The number of carbonyl (C=O) groups excluding carboxylic acids is 1. The van der Waals surface area contributed by atoms with Crippen LogP contribution in [-0.2, 0) is 16.0 Å². The number of benzene rings is 1. The molecule has 1 aromatic rings. The van der Waals surface area contributed by atoms with Crippen LogP contribution in [-0.4, -0.2) is 60.2 Å². The van der Waals surface area contributed by atoms with Gasteiger partial charge in [-0.1, -0.05) is 30.3 Å². The van der Waals surface area contributed by atoms with Crippen LogP contribution in [0.3, 0.4) is 0 Å². The van der Waals surface area contributed by atoms with Crippen LogP contribution in [0.15, 0.2) is 30.3 Å². The summed E-state index contributed by atoms with van der Waals surface area (Å²) in [5, 5.41) is 0. The Bertz CT molecular complexity index is 986. The molecule has 0 spiro atoms. The second-order valence-electron chi connectivity index (χ2n) is 7.99. The highest BCUT2D eigenvalue weighted by atomic mass is 19.4. The molecule has 0 aliphatic carbocycles. The average molecular weight is 610 g/mol. The number of ether oxygens (including phenoxy) is 1. The molecule has 0 bridgehead atoms. The van der Waals surface area contributed by atoms with Gasteiger partial charge in [0.15, 0.2) is 0 Å². The molecule has 0 aromatic heterocycles. The molecule has 0 aliphatic heterocycles. The van der Waals surface area contributed by atoms with Crippen molar-refractivity contribution in [3.05, 3.63) is 35.9 Å². The van der Waals surface area contributed by atoms with E-state index in [2.05, 4.69) is 4.74 Å². The van der Waals surface area contributed by atoms with Gasteiger partial charge in [-0.05, 0) is 18.9 Å². The van der Waals surface area contributed by atoms with Crippen LogP contribution in [0.2, 0.25) is 0 Å². The SMILES string of the molecule is CCOC(=O)C(Cc1ccccc1)CC(F)(F)C(F)(F)C(F)(F)C(F)(F)C(F)(F)C(F)(F)C(F)(F)C(F)(F)F. The molecule has 1 rings (SSSR count). The standard InChI is InChI=1S/C20H15F17O2/c1-2-39-12(38)11(8-10-6-4-3-5-7-10)9-13(21,22)14(23,24)15(25,26)16(27,28)17(29,30)18(31,32)19(33,34)20(35,36)37/h3-7,11H,2,8-9H2,1H3. The molecule has 226 valence electrons. The Morgan fingerprint density at radius 3 is 1.41 bits per heavy atom. The van der Waals surface area contributed by atoms with Gasteiger partial charge >= 0.3 is 53.6 Å². The van der Waals surface area contributed by atoms with Crippen LogP contribution in [0.1, 0.15) is 18.9 Å². The van der Waals surface area contributed by atoms with Gasteiger partial charge in [0.1, 0.15) is 0 Å². The molecule has 19 heteroatoms. The Morgan fingerprint density at radius 2 is 1.03 bits per heavy atom. The lowest BCUT2D eigenvalue weighted by Gasteiger charge is -2.43. The minimum Gasteiger partial charge on any atom is -0.466 e. The maximum atomic E-state index is 14.4. The fourth-order valence-corrected chi connectivity index (χ4v) is 3.03. The van der Waals surface area contributed by atoms with Crippen molar-refractivity contribution in [3.63, 3.8) is 0 Å². The quantitative estimate of drug-likeness (QED) is 0.178. The summed E-state index contributed by atoms with van der Waals surface area (Å²) < 4.78 is 233. The third kappa shape index (κ3) is 5.58. The fraction of sp³-hybridized carbons (Fsp3) is 0.650. The van der Waals surface area contributed by atoms with Crippen LogP contribution in [0.25, 0.3) is 0 Å². The van der Waals surface area contributed by atoms with Gasteiger partial charge in [0.05, 0.1) is 12.5 Å². The van der Waals surface area contributed by atoms with Crippen LogP contribution in [0, 0.1) is 5.92 Å². The summed E-state index contributed by atoms with van der Waals surface area (Å²) in [5.74, 6) is -61.5. The van der Waals surface area contributed by atoms with Gasteiger partial charge in [-0.15, -0.1) is 0 Å². The van der Waals surface area contributed by atoms with Gasteiger partial charge in [0, 0.05) is 6.42 Å². The van der Waals surface area contributed by atoms with Crippen molar-refractivity contribution in [3.8, 4) is 0 Å². The highest BCUT2D eigenvalue weighted by molar-refractivity contribution is 5.73. The van der Waals surface area contributed by atoms with Gasteiger partial charge < -0.3 is 4.74 Å². The Labute approximate surface area is 207 Å². The van der Waals surface area contributed by atoms with Crippen LogP contribution in [0.4, 0.5) is 74.6 Å². The molecule has 0 radical (unpaired) electrons. The molecule has 1 unspecified atom stereocenters. The monoisotopic (exact) mass is 610 g/mol. The summed E-state index contributed by atoms with van der Waals surface area (Å²) in [6.45, 7) is 0.424. The smallest absolute Gasteiger partial charge is 0.460 e. The first-order valence-corrected chi connectivity index (χ1v) is 10.1. The van der Waals surface area contributed by atoms with Crippen molar-refractivity contribution in [2.45, 2.75) is 67.4 Å². The molecule has 0 saturated carbocycles. The van der Waals surface area contributed by atoms with Gasteiger partial charge in [-0.3, -0.25) is 4.79 Å². The van der Waals surface area contributed by atoms with Crippen molar-refractivity contribution in [1.29, 1.82) is 0 Å². The van der Waals surface area contributed by atoms with Crippen LogP contribution < -0.4 is 0 Å². The van der Waals surface area contributed by atoms with Crippen molar-refractivity contribution < 1.29 is 84.2 Å². The molecule has 2 nitrogen and oxygen atoms in total. The van der Waals surface area contributed by atoms with Crippen molar-refractivity contribution in [2.24, 2.45) is 5.92 Å². The first kappa shape index (κ1) is 34.5. The lowest BCUT2D eigenvalue weighted by molar-refractivity contribution is -0.462. The normalized spacial score (nSPS) is 15.7. The second kappa shape index (κ2) is 10.5. The van der Waals surface area contributed by atoms with Crippen molar-refractivity contribution >= 4 is 5.97 Å². The van der Waals surface area contributed by atoms with E-state index >= 15 is 0 Å². The fourth-order valence-electron chi connectivity index (χ4n) is 3.03. The lowest BCUT2D eigenvalue weighted by atomic mass is 9.85. The van der Waals surface area contributed by atoms with Gasteiger partial charge in [0.2, 0.25) is 0 Å². The Hall–Kier alpha value is -2.50. The predicted octanol–water partition coefficient (Wildman–Crippen LogP) is 7.81. The molecule has 0 aliphatic rings. The third-order valence-corrected chi connectivity index (χ3v) is 5.23. The number of rotatable bonds is 12. The van der Waals surface area contributed by atoms with Gasteiger partial charge in [-0.25, -0.2) is 0 Å². The number of halogens is 17. The van der Waals surface area contributed by atoms with E-state index in [0.717, 1.165) is 19.1 Å². The lowest BCUT2D eigenvalue weighted by Crippen LogP contribution is -2.74. The summed E-state index contributed by atoms with van der Waals surface area (Å²) >= 11 is 0. The van der Waals surface area contributed by atoms with E-state index in [9.17, 15) is 79.4 Å². The number of esters is 1. The molecule has 1 aromatic carbocycles. The number of hydrogen-bond acceptors (Lipinski definition) is 2. The van der Waals surface area contributed by atoms with E-state index in [0.29, 0.717) is 0 Å². The van der Waals surface area contributed by atoms with Gasteiger partial charge in [0.25, 0.3) is 0 Å². The molecular formula is C20H15F17O2. The highest BCUT2D eigenvalue weighted by Crippen LogP contribution is 2.64. The first-order chi connectivity index (χ1) is 17.2. The zero-order valence-electron chi connectivity index (χ0n) is 18.8. The molecule has 0 saturated heterocycles. The summed E-state index contributed by atoms with van der Waals surface area (Å²) in [4.78, 5) is 11.9. The van der Waals surface area contributed by atoms with E-state index in [4.69, 9.17) is 0 Å². The topological polar surface area (TPSA) is 26.3 Å². The second-order valence-corrected chi connectivity index (χ2v) is 7.99. The number of hydrogen-bond donors (Lipinski definition) is 0. The van der Waals surface area contributed by atoms with E-state index < -0.39 is 79.0 Å². The summed E-state index contributed by atoms with van der Waals surface area (Å²) in [7, 11) is 0. The van der Waals surface area contributed by atoms with Crippen LogP contribution in [0.5, 0.6) is 0 Å². The zero-order chi connectivity index (χ0) is 31.1. The third-order valence-electron chi connectivity index (χ3n) is 5.23. The molecule has 0 fully saturated rings. The molecule has 0 heterocycles. The van der Waals surface area contributed by atoms with Crippen molar-refractivity contribution in [1.82, 2.24) is 0 Å². The minimum absolute atomic E-state index is 0.132. The maximum Gasteiger partial charge on any atom is 0.460 e. The Balaban J connectivity index is 3.59. The summed E-state index contributed by atoms with van der Waals surface area (Å²) in [5.41, 5.74) is -0.132. The highest BCUT2D eigenvalue weighted by Gasteiger charge is 2.95. The molecule has 1 atom stereocenters. The number of alkyl halides is 17. The summed E-state index contributed by atoms with van der Waals surface area (Å²) in [6.07, 6.45) is -11.7. The Kier molecular flexibility index (Phi) is 9.28. The predicted molar refractivity (Wildman–Crippen MR) is 95.6 cm³/mol. The van der Waals surface area contributed by atoms with Crippen molar-refractivity contribution in [2.75, 3.05) is 6.61 Å². The minimum atomic E-state index is -8.70. The van der Waals surface area contributed by atoms with E-state index in [1.807, 2.05) is 0 Å². The largest absolute Gasteiger partial charge is 0.466 e. The molecule has 0 amide bonds. The number of carbonyl (C=O) groups is 1. The van der Waals surface area contributed by atoms with E-state index in [-0.39, 0.29) is 5.56 Å². The van der Waals surface area contributed by atoms with Crippen LogP contribution >= 0.6 is 0 Å². The zero-order valence-corrected chi connectivity index (χ0v) is 18.8. The molecular weight excluding hydrogens is 595 g/mol. The molecule has 0 N–H and O–H groups in total. The molecule has 39 heavy (non-hydrogen) atoms. The average Bonchev–Trinajstić information content (AvgIpc) is 2.77. The van der Waals surface area contributed by atoms with E-state index in [1.54, 1.807) is 0 Å². The summed E-state index contributed by atoms with van der Waals surface area (Å²) in [6, 6.07) is 5.89. The van der Waals surface area contributed by atoms with Gasteiger partial charge in [-0.2, -0.15) is 74.6 Å². The Morgan fingerprint density at radius 1 is 0.641 bits per heavy atom. The maximum absolute atomic E-state index is 14.4. The van der Waals surface area contributed by atoms with E-state index in [1.165, 1.54) is 18.2 Å². The first-order valence-electron chi connectivity index (χ1n) is 10.1.